The Morgan fingerprint density at radius 2 is 1.47 bits per heavy atom. The second-order valence-corrected chi connectivity index (χ2v) is 6.99. The van der Waals surface area contributed by atoms with Crippen molar-refractivity contribution in [1.29, 1.82) is 0 Å². The predicted octanol–water partition coefficient (Wildman–Crippen LogP) is 4.26. The minimum absolute atomic E-state index is 0.0876. The van der Waals surface area contributed by atoms with Gasteiger partial charge in [0, 0.05) is 29.8 Å². The van der Waals surface area contributed by atoms with E-state index in [2.05, 4.69) is 9.97 Å². The van der Waals surface area contributed by atoms with Crippen LogP contribution in [-0.4, -0.2) is 26.8 Å². The summed E-state index contributed by atoms with van der Waals surface area (Å²) in [5, 5.41) is 8.98. The van der Waals surface area contributed by atoms with E-state index in [1.165, 1.54) is 5.48 Å². The lowest BCUT2D eigenvalue weighted by Gasteiger charge is -2.07. The zero-order valence-corrected chi connectivity index (χ0v) is 15.3. The lowest BCUT2D eigenvalue weighted by molar-refractivity contribution is -0.138. The number of nitrogens with zero attached hydrogens (tertiary/aromatic N) is 2. The van der Waals surface area contributed by atoms with Crippen molar-refractivity contribution in [3.8, 4) is 11.4 Å². The molecule has 2 N–H and O–H groups in total. The summed E-state index contributed by atoms with van der Waals surface area (Å²) in [6, 6.07) is 14.9. The molecule has 0 aliphatic heterocycles. The molecule has 1 fully saturated rings. The number of hydrogen-bond acceptors (Lipinski definition) is 4. The fourth-order valence-electron chi connectivity index (χ4n) is 3.72. The molecule has 1 amide bonds. The number of halogens is 4. The number of carbonyl (C=O) groups is 1. The lowest BCUT2D eigenvalue weighted by Crippen LogP contribution is -2.33. The van der Waals surface area contributed by atoms with Crippen LogP contribution in [0.5, 0.6) is 0 Å². The Kier molecular flexibility index (Phi) is 4.77. The molecular weight excluding hydrogens is 402 g/mol. The summed E-state index contributed by atoms with van der Waals surface area (Å²) in [6.45, 7) is 0. The largest absolute Gasteiger partial charge is 0.419 e. The number of amides is 1. The number of rotatable bonds is 4. The van der Waals surface area contributed by atoms with Crippen LogP contribution in [0.4, 0.5) is 17.6 Å². The first-order chi connectivity index (χ1) is 14.3. The summed E-state index contributed by atoms with van der Waals surface area (Å²) in [6.07, 6.45) is -3.14. The molecule has 3 aromatic rings. The third-order valence-electron chi connectivity index (χ3n) is 5.24. The molecule has 154 valence electrons. The van der Waals surface area contributed by atoms with Gasteiger partial charge < -0.3 is 0 Å². The first kappa shape index (κ1) is 20.0. The van der Waals surface area contributed by atoms with E-state index in [0.29, 0.717) is 29.1 Å². The van der Waals surface area contributed by atoms with Crippen molar-refractivity contribution in [3.05, 3.63) is 83.7 Å². The minimum atomic E-state index is -4.53. The van der Waals surface area contributed by atoms with E-state index < -0.39 is 35.2 Å². The molecule has 5 nitrogen and oxygen atoms in total. The molecule has 4 rings (SSSR count). The molecule has 1 aromatic heterocycles. The number of benzene rings is 2. The van der Waals surface area contributed by atoms with Crippen LogP contribution in [0.1, 0.15) is 28.5 Å². The van der Waals surface area contributed by atoms with Crippen LogP contribution in [0.3, 0.4) is 0 Å². The van der Waals surface area contributed by atoms with E-state index in [1.807, 2.05) is 0 Å². The summed E-state index contributed by atoms with van der Waals surface area (Å²) in [4.78, 5) is 19.5. The van der Waals surface area contributed by atoms with Crippen molar-refractivity contribution in [1.82, 2.24) is 15.4 Å². The molecule has 1 saturated carbocycles. The fraction of sp³-hybridized carbons (Fsp3) is 0.190. The van der Waals surface area contributed by atoms with Crippen molar-refractivity contribution in [3.63, 3.8) is 0 Å². The number of carbonyl (C=O) groups excluding carboxylic acids is 1. The Morgan fingerprint density at radius 3 is 1.97 bits per heavy atom. The Bertz CT molecular complexity index is 1060. The maximum atomic E-state index is 15.5. The smallest absolute Gasteiger partial charge is 0.289 e. The molecule has 0 bridgehead atoms. The van der Waals surface area contributed by atoms with Crippen LogP contribution in [-0.2, 0) is 11.0 Å². The van der Waals surface area contributed by atoms with Crippen LogP contribution >= 0.6 is 0 Å². The monoisotopic (exact) mass is 417 g/mol. The number of hydrogen-bond donors (Lipinski definition) is 2. The van der Waals surface area contributed by atoms with Crippen LogP contribution in [0.2, 0.25) is 0 Å². The zero-order valence-electron chi connectivity index (χ0n) is 15.3. The zero-order chi connectivity index (χ0) is 21.5. The molecule has 3 atom stereocenters. The number of hydroxylamine groups is 1. The van der Waals surface area contributed by atoms with E-state index in [0.717, 1.165) is 0 Å². The molecule has 2 aromatic carbocycles. The Labute approximate surface area is 168 Å². The molecule has 0 radical (unpaired) electrons. The van der Waals surface area contributed by atoms with E-state index in [9.17, 15) is 18.0 Å². The standard InChI is InChI=1S/C21H15F4N3O2/c22-20(19(29)28-30)16(12-4-2-1-3-5-12)17(20)13-6-8-14(9-7-13)18-26-10-15(11-27-18)21(23,24)25/h1-11,16-17,30H,(H,28,29). The summed E-state index contributed by atoms with van der Waals surface area (Å²) in [5.41, 5.74) is -0.311. The second kappa shape index (κ2) is 7.17. The maximum Gasteiger partial charge on any atom is 0.419 e. The van der Waals surface area contributed by atoms with Crippen LogP contribution < -0.4 is 5.48 Å². The molecular formula is C21H15F4N3O2. The highest BCUT2D eigenvalue weighted by atomic mass is 19.4. The highest BCUT2D eigenvalue weighted by molar-refractivity contribution is 5.92. The average molecular weight is 417 g/mol. The van der Waals surface area contributed by atoms with E-state index in [-0.39, 0.29) is 5.82 Å². The lowest BCUT2D eigenvalue weighted by atomic mass is 10.0. The first-order valence-electron chi connectivity index (χ1n) is 8.94. The Morgan fingerprint density at radius 1 is 0.933 bits per heavy atom. The van der Waals surface area contributed by atoms with E-state index in [1.54, 1.807) is 54.6 Å². The van der Waals surface area contributed by atoms with Crippen LogP contribution in [0, 0.1) is 0 Å². The summed E-state index contributed by atoms with van der Waals surface area (Å²) in [7, 11) is 0. The molecule has 9 heteroatoms. The van der Waals surface area contributed by atoms with Gasteiger partial charge in [0.2, 0.25) is 5.67 Å². The van der Waals surface area contributed by atoms with Gasteiger partial charge in [-0.05, 0) is 11.1 Å². The minimum Gasteiger partial charge on any atom is -0.289 e. The van der Waals surface area contributed by atoms with Crippen molar-refractivity contribution in [2.75, 3.05) is 0 Å². The third kappa shape index (κ3) is 3.30. The van der Waals surface area contributed by atoms with Gasteiger partial charge in [0.25, 0.3) is 5.91 Å². The number of alkyl halides is 4. The Hall–Kier alpha value is -3.33. The topological polar surface area (TPSA) is 75.1 Å². The molecule has 1 aliphatic carbocycles. The van der Waals surface area contributed by atoms with Crippen molar-refractivity contribution in [2.45, 2.75) is 23.7 Å². The SMILES string of the molecule is O=C(NO)C1(F)C(c2ccccc2)C1c1ccc(-c2ncc(C(F)(F)F)cn2)cc1. The van der Waals surface area contributed by atoms with Crippen molar-refractivity contribution < 1.29 is 27.6 Å². The highest BCUT2D eigenvalue weighted by Crippen LogP contribution is 2.66. The molecule has 0 saturated heterocycles. The van der Waals surface area contributed by atoms with Gasteiger partial charge >= 0.3 is 6.18 Å². The fourth-order valence-corrected chi connectivity index (χ4v) is 3.72. The van der Waals surface area contributed by atoms with Crippen LogP contribution in [0.25, 0.3) is 11.4 Å². The van der Waals surface area contributed by atoms with Crippen molar-refractivity contribution in [2.24, 2.45) is 0 Å². The predicted molar refractivity (Wildman–Crippen MR) is 98.2 cm³/mol. The quantitative estimate of drug-likeness (QED) is 0.378. The van der Waals surface area contributed by atoms with Gasteiger partial charge in [0.15, 0.2) is 5.82 Å². The average Bonchev–Trinajstić information content (AvgIpc) is 3.40. The molecule has 0 spiro atoms. The maximum absolute atomic E-state index is 15.5. The molecule has 1 aliphatic rings. The van der Waals surface area contributed by atoms with E-state index in [4.69, 9.17) is 5.21 Å². The van der Waals surface area contributed by atoms with Gasteiger partial charge in [-0.1, -0.05) is 54.6 Å². The van der Waals surface area contributed by atoms with Gasteiger partial charge in [0.05, 0.1) is 5.56 Å². The number of nitrogens with one attached hydrogen (secondary N) is 1. The highest BCUT2D eigenvalue weighted by Gasteiger charge is 2.72. The number of aromatic nitrogens is 2. The Balaban J connectivity index is 1.62. The third-order valence-corrected chi connectivity index (χ3v) is 5.24. The van der Waals surface area contributed by atoms with Crippen LogP contribution in [0.15, 0.2) is 67.0 Å². The van der Waals surface area contributed by atoms with Gasteiger partial charge in [-0.25, -0.2) is 19.8 Å². The van der Waals surface area contributed by atoms with Gasteiger partial charge in [-0.3, -0.25) is 10.0 Å². The summed E-state index contributed by atoms with van der Waals surface area (Å²) in [5.74, 6) is -2.64. The summed E-state index contributed by atoms with van der Waals surface area (Å²) >= 11 is 0. The van der Waals surface area contributed by atoms with Gasteiger partial charge in [-0.15, -0.1) is 0 Å². The van der Waals surface area contributed by atoms with Gasteiger partial charge in [-0.2, -0.15) is 13.2 Å². The second-order valence-electron chi connectivity index (χ2n) is 6.99. The molecule has 3 unspecified atom stereocenters. The normalized spacial score (nSPS) is 23.1. The van der Waals surface area contributed by atoms with Crippen molar-refractivity contribution >= 4 is 5.91 Å². The molecule has 1 heterocycles. The summed E-state index contributed by atoms with van der Waals surface area (Å²) < 4.78 is 53.4. The van der Waals surface area contributed by atoms with Gasteiger partial charge in [0.1, 0.15) is 0 Å². The molecule has 30 heavy (non-hydrogen) atoms. The van der Waals surface area contributed by atoms with E-state index >= 15 is 4.39 Å². The first-order valence-corrected chi connectivity index (χ1v) is 8.94.